The van der Waals surface area contributed by atoms with E-state index in [0.29, 0.717) is 0 Å². The molecule has 20 heavy (non-hydrogen) atoms. The maximum Gasteiger partial charge on any atom is 0.106 e. The van der Waals surface area contributed by atoms with Crippen molar-refractivity contribution < 1.29 is 4.42 Å². The lowest BCUT2D eigenvalue weighted by atomic mass is 9.99. The highest BCUT2D eigenvalue weighted by atomic mass is 79.9. The van der Waals surface area contributed by atoms with E-state index in [2.05, 4.69) is 40.3 Å². The molecule has 0 aliphatic rings. The molecule has 4 heteroatoms. The third-order valence-electron chi connectivity index (χ3n) is 3.21. The minimum atomic E-state index is 0.0994. The first-order valence-corrected chi connectivity index (χ1v) is 7.94. The van der Waals surface area contributed by atoms with Gasteiger partial charge in [-0.1, -0.05) is 34.5 Å². The molecule has 1 heterocycles. The van der Waals surface area contributed by atoms with Crippen LogP contribution in [-0.4, -0.2) is 6.54 Å². The molecule has 0 fully saturated rings. The summed E-state index contributed by atoms with van der Waals surface area (Å²) in [4.78, 5) is 0. The van der Waals surface area contributed by atoms with Gasteiger partial charge in [-0.2, -0.15) is 0 Å². The minimum Gasteiger partial charge on any atom is -0.466 e. The molecule has 1 unspecified atom stereocenters. The summed E-state index contributed by atoms with van der Waals surface area (Å²) in [7, 11) is 0. The number of benzene rings is 1. The van der Waals surface area contributed by atoms with Crippen molar-refractivity contribution in [2.75, 3.05) is 6.54 Å². The van der Waals surface area contributed by atoms with Gasteiger partial charge < -0.3 is 9.73 Å². The molecule has 0 bridgehead atoms. The predicted molar refractivity (Wildman–Crippen MR) is 87.5 cm³/mol. The molecular formula is C16H19BrClNO. The largest absolute Gasteiger partial charge is 0.466 e. The van der Waals surface area contributed by atoms with Crippen LogP contribution in [0.2, 0.25) is 5.02 Å². The van der Waals surface area contributed by atoms with Crippen LogP contribution in [0.4, 0.5) is 0 Å². The normalized spacial score (nSPS) is 12.7. The predicted octanol–water partition coefficient (Wildman–Crippen LogP) is 5.40. The van der Waals surface area contributed by atoms with Gasteiger partial charge in [-0.05, 0) is 56.6 Å². The lowest BCUT2D eigenvalue weighted by Crippen LogP contribution is -2.23. The Bertz CT molecular complexity index is 574. The lowest BCUT2D eigenvalue weighted by Gasteiger charge is -2.19. The van der Waals surface area contributed by atoms with E-state index in [0.717, 1.165) is 39.5 Å². The van der Waals surface area contributed by atoms with Crippen molar-refractivity contribution in [2.24, 2.45) is 0 Å². The molecule has 2 rings (SSSR count). The molecular weight excluding hydrogens is 338 g/mol. The minimum absolute atomic E-state index is 0.0994. The molecule has 1 aromatic heterocycles. The molecule has 108 valence electrons. The van der Waals surface area contributed by atoms with Crippen LogP contribution < -0.4 is 5.32 Å². The number of nitrogens with one attached hydrogen (secondary N) is 1. The first-order chi connectivity index (χ1) is 9.51. The van der Waals surface area contributed by atoms with E-state index in [1.54, 1.807) is 0 Å². The van der Waals surface area contributed by atoms with Gasteiger partial charge in [0, 0.05) is 15.1 Å². The summed E-state index contributed by atoms with van der Waals surface area (Å²) in [5.41, 5.74) is 2.31. The van der Waals surface area contributed by atoms with Gasteiger partial charge in [0.1, 0.15) is 11.5 Å². The molecule has 0 amide bonds. The Labute approximate surface area is 133 Å². The maximum absolute atomic E-state index is 6.18. The van der Waals surface area contributed by atoms with Gasteiger partial charge in [0.15, 0.2) is 0 Å². The maximum atomic E-state index is 6.18. The molecule has 1 atom stereocenters. The van der Waals surface area contributed by atoms with Crippen LogP contribution in [0.5, 0.6) is 0 Å². The fourth-order valence-electron chi connectivity index (χ4n) is 2.37. The van der Waals surface area contributed by atoms with Crippen LogP contribution in [0.15, 0.2) is 33.2 Å². The van der Waals surface area contributed by atoms with Crippen LogP contribution in [0, 0.1) is 13.8 Å². The van der Waals surface area contributed by atoms with E-state index in [1.807, 2.05) is 26.0 Å². The van der Waals surface area contributed by atoms with Crippen LogP contribution in [0.1, 0.15) is 42.0 Å². The molecule has 1 aromatic carbocycles. The van der Waals surface area contributed by atoms with Gasteiger partial charge in [-0.15, -0.1) is 0 Å². The zero-order chi connectivity index (χ0) is 14.7. The van der Waals surface area contributed by atoms with Crippen LogP contribution in [0.25, 0.3) is 0 Å². The first-order valence-electron chi connectivity index (χ1n) is 6.77. The topological polar surface area (TPSA) is 25.2 Å². The fraction of sp³-hybridized carbons (Fsp3) is 0.375. The van der Waals surface area contributed by atoms with Gasteiger partial charge >= 0.3 is 0 Å². The van der Waals surface area contributed by atoms with Gasteiger partial charge in [-0.25, -0.2) is 0 Å². The number of hydrogen-bond donors (Lipinski definition) is 1. The van der Waals surface area contributed by atoms with Crippen molar-refractivity contribution >= 4 is 27.5 Å². The van der Waals surface area contributed by atoms with Crippen molar-refractivity contribution in [1.29, 1.82) is 0 Å². The summed E-state index contributed by atoms with van der Waals surface area (Å²) in [6, 6.07) is 8.19. The van der Waals surface area contributed by atoms with E-state index in [1.165, 1.54) is 5.56 Å². The molecule has 1 N–H and O–H groups in total. The second kappa shape index (κ2) is 6.79. The lowest BCUT2D eigenvalue weighted by molar-refractivity contribution is 0.493. The van der Waals surface area contributed by atoms with E-state index < -0.39 is 0 Å². The Morgan fingerprint density at radius 3 is 2.55 bits per heavy atom. The molecule has 2 nitrogen and oxygen atoms in total. The van der Waals surface area contributed by atoms with Crippen LogP contribution in [-0.2, 0) is 0 Å². The van der Waals surface area contributed by atoms with Crippen molar-refractivity contribution in [2.45, 2.75) is 33.2 Å². The van der Waals surface area contributed by atoms with Crippen molar-refractivity contribution in [1.82, 2.24) is 5.32 Å². The highest BCUT2D eigenvalue weighted by Gasteiger charge is 2.19. The zero-order valence-corrected chi connectivity index (χ0v) is 14.3. The van der Waals surface area contributed by atoms with E-state index >= 15 is 0 Å². The van der Waals surface area contributed by atoms with Gasteiger partial charge in [0.2, 0.25) is 0 Å². The molecule has 0 saturated carbocycles. The number of halogens is 2. The summed E-state index contributed by atoms with van der Waals surface area (Å²) in [6.45, 7) is 7.08. The number of aryl methyl sites for hydroxylation is 2. The van der Waals surface area contributed by atoms with Crippen molar-refractivity contribution in [3.05, 3.63) is 56.4 Å². The van der Waals surface area contributed by atoms with E-state index in [9.17, 15) is 0 Å². The Morgan fingerprint density at radius 1 is 1.25 bits per heavy atom. The second-order valence-electron chi connectivity index (χ2n) is 4.96. The molecule has 0 spiro atoms. The quantitative estimate of drug-likeness (QED) is 0.775. The number of rotatable bonds is 5. The zero-order valence-electron chi connectivity index (χ0n) is 12.0. The van der Waals surface area contributed by atoms with Crippen molar-refractivity contribution in [3.63, 3.8) is 0 Å². The smallest absolute Gasteiger partial charge is 0.106 e. The number of furan rings is 1. The molecule has 2 aromatic rings. The summed E-state index contributed by atoms with van der Waals surface area (Å²) in [6.07, 6.45) is 1.08. The molecule has 0 aliphatic heterocycles. The SMILES string of the molecule is CCCNC(c1cc(Cl)cc(Br)c1)c1cc(C)oc1C. The number of hydrogen-bond acceptors (Lipinski definition) is 2. The standard InChI is InChI=1S/C16H19BrClNO/c1-4-5-19-16(15-6-10(2)20-11(15)3)12-7-13(17)9-14(18)8-12/h6-9,16,19H,4-5H2,1-3H3. The van der Waals surface area contributed by atoms with E-state index in [4.69, 9.17) is 16.0 Å². The summed E-state index contributed by atoms with van der Waals surface area (Å²) in [5, 5.41) is 4.30. The summed E-state index contributed by atoms with van der Waals surface area (Å²) < 4.78 is 6.66. The highest BCUT2D eigenvalue weighted by molar-refractivity contribution is 9.10. The summed E-state index contributed by atoms with van der Waals surface area (Å²) >= 11 is 9.69. The van der Waals surface area contributed by atoms with E-state index in [-0.39, 0.29) is 6.04 Å². The second-order valence-corrected chi connectivity index (χ2v) is 6.31. The Balaban J connectivity index is 2.43. The average Bonchev–Trinajstić information content (AvgIpc) is 2.68. The third kappa shape index (κ3) is 3.66. The summed E-state index contributed by atoms with van der Waals surface area (Å²) in [5.74, 6) is 1.88. The highest BCUT2D eigenvalue weighted by Crippen LogP contribution is 2.31. The molecule has 0 saturated heterocycles. The van der Waals surface area contributed by atoms with Gasteiger partial charge in [0.05, 0.1) is 6.04 Å². The third-order valence-corrected chi connectivity index (χ3v) is 3.88. The average molecular weight is 357 g/mol. The van der Waals surface area contributed by atoms with Crippen LogP contribution >= 0.6 is 27.5 Å². The molecule has 0 radical (unpaired) electrons. The Hall–Kier alpha value is -0.770. The monoisotopic (exact) mass is 355 g/mol. The van der Waals surface area contributed by atoms with Crippen molar-refractivity contribution in [3.8, 4) is 0 Å². The van der Waals surface area contributed by atoms with Crippen LogP contribution in [0.3, 0.4) is 0 Å². The van der Waals surface area contributed by atoms with Gasteiger partial charge in [0.25, 0.3) is 0 Å². The molecule has 0 aliphatic carbocycles. The Kier molecular flexibility index (Phi) is 5.30. The Morgan fingerprint density at radius 2 is 2.00 bits per heavy atom. The first kappa shape index (κ1) is 15.6. The van der Waals surface area contributed by atoms with Gasteiger partial charge in [-0.3, -0.25) is 0 Å². The fourth-order valence-corrected chi connectivity index (χ4v) is 3.26.